The van der Waals surface area contributed by atoms with Crippen LogP contribution in [0, 0.1) is 16.7 Å². The number of hydrogen-bond acceptors (Lipinski definition) is 3. The molecule has 0 aliphatic carbocycles. The molecule has 0 amide bonds. The van der Waals surface area contributed by atoms with Crippen molar-refractivity contribution in [3.05, 3.63) is 0 Å². The van der Waals surface area contributed by atoms with Gasteiger partial charge in [-0.3, -0.25) is 0 Å². The van der Waals surface area contributed by atoms with Crippen LogP contribution >= 0.6 is 0 Å². The van der Waals surface area contributed by atoms with E-state index in [0.29, 0.717) is 0 Å². The molecular formula is C5H8N2O. The molecule has 0 saturated carbocycles. The third-order valence-electron chi connectivity index (χ3n) is 0.669. The average Bonchev–Trinajstić information content (AvgIpc) is 1.67. The first-order valence-electron chi connectivity index (χ1n) is 2.22. The molecule has 3 heteroatoms. The molecule has 8 heavy (non-hydrogen) atoms. The van der Waals surface area contributed by atoms with Crippen molar-refractivity contribution in [2.45, 2.75) is 13.8 Å². The van der Waals surface area contributed by atoms with Crippen LogP contribution in [0.1, 0.15) is 13.8 Å². The van der Waals surface area contributed by atoms with Crippen LogP contribution in [0.15, 0.2) is 5.16 Å². The van der Waals surface area contributed by atoms with E-state index in [1.165, 1.54) is 6.21 Å². The number of rotatable bonds is 1. The van der Waals surface area contributed by atoms with Gasteiger partial charge in [-0.2, -0.15) is 5.26 Å². The van der Waals surface area contributed by atoms with Crippen LogP contribution in [0.4, 0.5) is 0 Å². The Labute approximate surface area is 48.2 Å². The molecule has 0 radical (unpaired) electrons. The maximum atomic E-state index is 8.27. The van der Waals surface area contributed by atoms with Crippen LogP contribution in [0.5, 0.6) is 0 Å². The highest BCUT2D eigenvalue weighted by molar-refractivity contribution is 5.67. The fourth-order valence-corrected chi connectivity index (χ4v) is 0.173. The standard InChI is InChI=1S/C5H8N2O/c1-5(2,3-6)4-7-8/h4,8H,1-2H3/b7-4-. The van der Waals surface area contributed by atoms with Crippen LogP contribution < -0.4 is 0 Å². The Hall–Kier alpha value is -1.04. The summed E-state index contributed by atoms with van der Waals surface area (Å²) < 4.78 is 0. The lowest BCUT2D eigenvalue weighted by Crippen LogP contribution is -2.08. The predicted octanol–water partition coefficient (Wildman–Crippen LogP) is 0.996. The Kier molecular flexibility index (Phi) is 2.01. The minimum absolute atomic E-state index is 0.644. The van der Waals surface area contributed by atoms with E-state index < -0.39 is 5.41 Å². The zero-order chi connectivity index (χ0) is 6.62. The van der Waals surface area contributed by atoms with Crippen molar-refractivity contribution in [1.29, 1.82) is 5.26 Å². The Bertz CT molecular complexity index is 132. The molecule has 0 bridgehead atoms. The van der Waals surface area contributed by atoms with Gasteiger partial charge in [0.2, 0.25) is 0 Å². The monoisotopic (exact) mass is 112 g/mol. The summed E-state index contributed by atoms with van der Waals surface area (Å²) >= 11 is 0. The summed E-state index contributed by atoms with van der Waals surface area (Å²) in [7, 11) is 0. The zero-order valence-electron chi connectivity index (χ0n) is 4.92. The van der Waals surface area contributed by atoms with Crippen molar-refractivity contribution in [2.24, 2.45) is 10.6 Å². The number of nitrogens with zero attached hydrogens (tertiary/aromatic N) is 2. The maximum absolute atomic E-state index is 8.27. The van der Waals surface area contributed by atoms with Gasteiger partial charge in [-0.25, -0.2) is 0 Å². The maximum Gasteiger partial charge on any atom is 0.0901 e. The second-order valence-electron chi connectivity index (χ2n) is 2.08. The molecule has 0 aliphatic rings. The van der Waals surface area contributed by atoms with Gasteiger partial charge in [-0.15, -0.1) is 5.16 Å². The molecule has 0 aliphatic heterocycles. The molecule has 44 valence electrons. The topological polar surface area (TPSA) is 56.4 Å². The summed E-state index contributed by atoms with van der Waals surface area (Å²) in [5, 5.41) is 19.0. The number of nitriles is 1. The van der Waals surface area contributed by atoms with E-state index >= 15 is 0 Å². The normalized spacial score (nSPS) is 11.6. The van der Waals surface area contributed by atoms with Gasteiger partial charge in [0.05, 0.1) is 17.7 Å². The van der Waals surface area contributed by atoms with Gasteiger partial charge in [0, 0.05) is 0 Å². The molecule has 0 spiro atoms. The summed E-state index contributed by atoms with van der Waals surface area (Å²) in [6.45, 7) is 3.32. The summed E-state index contributed by atoms with van der Waals surface area (Å²) in [6.07, 6.45) is 1.19. The van der Waals surface area contributed by atoms with Gasteiger partial charge in [-0.1, -0.05) is 0 Å². The van der Waals surface area contributed by atoms with E-state index in [1.807, 2.05) is 6.07 Å². The zero-order valence-corrected chi connectivity index (χ0v) is 4.92. The molecule has 0 aromatic rings. The molecule has 0 fully saturated rings. The van der Waals surface area contributed by atoms with E-state index in [9.17, 15) is 0 Å². The fourth-order valence-electron chi connectivity index (χ4n) is 0.173. The van der Waals surface area contributed by atoms with Gasteiger partial charge in [0.15, 0.2) is 0 Å². The fraction of sp³-hybridized carbons (Fsp3) is 0.600. The Balaban J connectivity index is 3.97. The van der Waals surface area contributed by atoms with E-state index in [1.54, 1.807) is 13.8 Å². The molecule has 1 N–H and O–H groups in total. The van der Waals surface area contributed by atoms with Crippen LogP contribution in [-0.2, 0) is 0 Å². The molecule has 0 unspecified atom stereocenters. The lowest BCUT2D eigenvalue weighted by atomic mass is 9.98. The first-order chi connectivity index (χ1) is 3.62. The second-order valence-corrected chi connectivity index (χ2v) is 2.08. The molecular weight excluding hydrogens is 104 g/mol. The first-order valence-corrected chi connectivity index (χ1v) is 2.22. The Morgan fingerprint density at radius 3 is 2.38 bits per heavy atom. The largest absolute Gasteiger partial charge is 0.411 e. The van der Waals surface area contributed by atoms with E-state index in [2.05, 4.69) is 5.16 Å². The second kappa shape index (κ2) is 2.31. The summed E-state index contributed by atoms with van der Waals surface area (Å²) in [6, 6.07) is 1.93. The Morgan fingerprint density at radius 1 is 1.75 bits per heavy atom. The van der Waals surface area contributed by atoms with Crippen LogP contribution in [0.2, 0.25) is 0 Å². The molecule has 0 aromatic carbocycles. The van der Waals surface area contributed by atoms with Crippen molar-refractivity contribution < 1.29 is 5.21 Å². The van der Waals surface area contributed by atoms with Gasteiger partial charge in [0.25, 0.3) is 0 Å². The highest BCUT2D eigenvalue weighted by Crippen LogP contribution is 2.07. The van der Waals surface area contributed by atoms with Crippen molar-refractivity contribution in [3.63, 3.8) is 0 Å². The van der Waals surface area contributed by atoms with E-state index in [4.69, 9.17) is 10.5 Å². The molecule has 0 aromatic heterocycles. The van der Waals surface area contributed by atoms with Gasteiger partial charge in [-0.05, 0) is 13.8 Å². The molecule has 3 nitrogen and oxygen atoms in total. The van der Waals surface area contributed by atoms with Gasteiger partial charge >= 0.3 is 0 Å². The third-order valence-corrected chi connectivity index (χ3v) is 0.669. The van der Waals surface area contributed by atoms with Crippen LogP contribution in [0.25, 0.3) is 0 Å². The minimum Gasteiger partial charge on any atom is -0.411 e. The highest BCUT2D eigenvalue weighted by atomic mass is 16.4. The SMILES string of the molecule is CC(C)(C#N)/C=N\O. The molecule has 0 saturated heterocycles. The average molecular weight is 112 g/mol. The summed E-state index contributed by atoms with van der Waals surface area (Å²) in [5.74, 6) is 0. The smallest absolute Gasteiger partial charge is 0.0901 e. The van der Waals surface area contributed by atoms with Crippen molar-refractivity contribution in [1.82, 2.24) is 0 Å². The third kappa shape index (κ3) is 2.19. The molecule has 0 atom stereocenters. The summed E-state index contributed by atoms with van der Waals surface area (Å²) in [4.78, 5) is 0. The van der Waals surface area contributed by atoms with Crippen molar-refractivity contribution in [3.8, 4) is 6.07 Å². The van der Waals surface area contributed by atoms with Crippen LogP contribution in [0.3, 0.4) is 0 Å². The quantitative estimate of drug-likeness (QED) is 0.312. The van der Waals surface area contributed by atoms with Crippen LogP contribution in [-0.4, -0.2) is 11.4 Å². The van der Waals surface area contributed by atoms with Crippen molar-refractivity contribution in [2.75, 3.05) is 0 Å². The highest BCUT2D eigenvalue weighted by Gasteiger charge is 2.11. The number of hydrogen-bond donors (Lipinski definition) is 1. The predicted molar refractivity (Wildman–Crippen MR) is 29.7 cm³/mol. The summed E-state index contributed by atoms with van der Waals surface area (Å²) in [5.41, 5.74) is -0.644. The molecule has 0 heterocycles. The first kappa shape index (κ1) is 6.96. The minimum atomic E-state index is -0.644. The van der Waals surface area contributed by atoms with Gasteiger partial charge in [0.1, 0.15) is 0 Å². The van der Waals surface area contributed by atoms with Gasteiger partial charge < -0.3 is 5.21 Å². The van der Waals surface area contributed by atoms with Crippen molar-refractivity contribution >= 4 is 6.21 Å². The molecule has 0 rings (SSSR count). The number of oxime groups is 1. The lowest BCUT2D eigenvalue weighted by Gasteiger charge is -2.02. The lowest BCUT2D eigenvalue weighted by molar-refractivity contribution is 0.317. The Morgan fingerprint density at radius 2 is 2.25 bits per heavy atom. The van der Waals surface area contributed by atoms with E-state index in [-0.39, 0.29) is 0 Å². The van der Waals surface area contributed by atoms with E-state index in [0.717, 1.165) is 0 Å².